The fraction of sp³-hybridized carbons (Fsp3) is 0.846. The third kappa shape index (κ3) is 6.29. The molecule has 0 rings (SSSR count). The standard InChI is InChI=1S/C13H24O4/c1-9(2)6-13(5,7-11(14)15)12(16)17-8-10(3)4/h9-10H,6-8H2,1-5H3,(H,14,15). The summed E-state index contributed by atoms with van der Waals surface area (Å²) in [5.41, 5.74) is -0.922. The van der Waals surface area contributed by atoms with Gasteiger partial charge in [-0.15, -0.1) is 0 Å². The van der Waals surface area contributed by atoms with Crippen LogP contribution in [0.15, 0.2) is 0 Å². The number of carbonyl (C=O) groups excluding carboxylic acids is 1. The normalized spacial score (nSPS) is 14.8. The van der Waals surface area contributed by atoms with Crippen LogP contribution < -0.4 is 0 Å². The molecule has 0 radical (unpaired) electrons. The summed E-state index contributed by atoms with van der Waals surface area (Å²) < 4.78 is 5.17. The van der Waals surface area contributed by atoms with E-state index in [1.54, 1.807) is 6.92 Å². The molecular weight excluding hydrogens is 220 g/mol. The van der Waals surface area contributed by atoms with E-state index >= 15 is 0 Å². The third-order valence-electron chi connectivity index (χ3n) is 2.44. The molecule has 1 unspecified atom stereocenters. The quantitative estimate of drug-likeness (QED) is 0.699. The number of carboxylic acid groups (broad SMARTS) is 1. The van der Waals surface area contributed by atoms with Crippen molar-refractivity contribution in [2.24, 2.45) is 17.3 Å². The zero-order valence-corrected chi connectivity index (χ0v) is 11.4. The molecule has 0 aliphatic carbocycles. The molecule has 1 atom stereocenters. The van der Waals surface area contributed by atoms with E-state index in [0.717, 1.165) is 0 Å². The summed E-state index contributed by atoms with van der Waals surface area (Å²) in [7, 11) is 0. The third-order valence-corrected chi connectivity index (χ3v) is 2.44. The fourth-order valence-electron chi connectivity index (χ4n) is 1.88. The van der Waals surface area contributed by atoms with E-state index in [-0.39, 0.29) is 18.3 Å². The van der Waals surface area contributed by atoms with Gasteiger partial charge in [0.25, 0.3) is 0 Å². The van der Waals surface area contributed by atoms with E-state index in [9.17, 15) is 9.59 Å². The Morgan fingerprint density at radius 1 is 1.18 bits per heavy atom. The lowest BCUT2D eigenvalue weighted by atomic mass is 9.79. The first-order valence-corrected chi connectivity index (χ1v) is 6.06. The predicted molar refractivity (Wildman–Crippen MR) is 65.6 cm³/mol. The van der Waals surface area contributed by atoms with Gasteiger partial charge in [0.05, 0.1) is 18.4 Å². The number of ether oxygens (including phenoxy) is 1. The summed E-state index contributed by atoms with van der Waals surface area (Å²) in [4.78, 5) is 22.8. The van der Waals surface area contributed by atoms with Crippen LogP contribution in [0.5, 0.6) is 0 Å². The van der Waals surface area contributed by atoms with E-state index in [2.05, 4.69) is 0 Å². The maximum atomic E-state index is 12.0. The van der Waals surface area contributed by atoms with Gasteiger partial charge in [-0.2, -0.15) is 0 Å². The van der Waals surface area contributed by atoms with Gasteiger partial charge in [-0.25, -0.2) is 0 Å². The van der Waals surface area contributed by atoms with Gasteiger partial charge in [-0.3, -0.25) is 9.59 Å². The van der Waals surface area contributed by atoms with E-state index in [1.165, 1.54) is 0 Å². The molecule has 0 aromatic rings. The minimum atomic E-state index is -0.963. The molecule has 0 aliphatic heterocycles. The minimum absolute atomic E-state index is 0.178. The number of carbonyl (C=O) groups is 2. The molecule has 0 aliphatic rings. The molecule has 100 valence electrons. The van der Waals surface area contributed by atoms with Crippen molar-refractivity contribution < 1.29 is 19.4 Å². The second kappa shape index (κ2) is 6.62. The molecule has 0 aromatic carbocycles. The van der Waals surface area contributed by atoms with Gasteiger partial charge in [-0.05, 0) is 25.2 Å². The Hall–Kier alpha value is -1.06. The lowest BCUT2D eigenvalue weighted by Gasteiger charge is -2.27. The summed E-state index contributed by atoms with van der Waals surface area (Å²) in [5.74, 6) is -0.852. The molecule has 0 saturated carbocycles. The number of hydrogen-bond donors (Lipinski definition) is 1. The molecule has 4 nitrogen and oxygen atoms in total. The van der Waals surface area contributed by atoms with Gasteiger partial charge in [0.2, 0.25) is 0 Å². The van der Waals surface area contributed by atoms with Crippen LogP contribution in [0.3, 0.4) is 0 Å². The van der Waals surface area contributed by atoms with Gasteiger partial charge in [-0.1, -0.05) is 27.7 Å². The van der Waals surface area contributed by atoms with Crippen LogP contribution in [0.25, 0.3) is 0 Å². The fourth-order valence-corrected chi connectivity index (χ4v) is 1.88. The van der Waals surface area contributed by atoms with Crippen molar-refractivity contribution in [3.63, 3.8) is 0 Å². The predicted octanol–water partition coefficient (Wildman–Crippen LogP) is 2.71. The molecule has 0 amide bonds. The van der Waals surface area contributed by atoms with Crippen LogP contribution in [-0.2, 0) is 14.3 Å². The summed E-state index contributed by atoms with van der Waals surface area (Å²) in [6.45, 7) is 9.84. The molecule has 4 heteroatoms. The number of esters is 1. The van der Waals surface area contributed by atoms with Gasteiger partial charge >= 0.3 is 11.9 Å². The smallest absolute Gasteiger partial charge is 0.312 e. The second-order valence-corrected chi connectivity index (χ2v) is 5.72. The first-order chi connectivity index (χ1) is 7.67. The van der Waals surface area contributed by atoms with Crippen LogP contribution in [0, 0.1) is 17.3 Å². The lowest BCUT2D eigenvalue weighted by Crippen LogP contribution is -2.34. The van der Waals surface area contributed by atoms with E-state index in [4.69, 9.17) is 9.84 Å². The van der Waals surface area contributed by atoms with Crippen molar-refractivity contribution in [2.45, 2.75) is 47.5 Å². The van der Waals surface area contributed by atoms with Crippen molar-refractivity contribution in [1.29, 1.82) is 0 Å². The van der Waals surface area contributed by atoms with Gasteiger partial charge in [0.15, 0.2) is 0 Å². The Kier molecular flexibility index (Phi) is 6.21. The molecule has 0 spiro atoms. The van der Waals surface area contributed by atoms with Crippen molar-refractivity contribution in [3.05, 3.63) is 0 Å². The number of aliphatic carboxylic acids is 1. The molecule has 0 heterocycles. The minimum Gasteiger partial charge on any atom is -0.481 e. The van der Waals surface area contributed by atoms with Gasteiger partial charge in [0.1, 0.15) is 0 Å². The number of rotatable bonds is 7. The molecule has 17 heavy (non-hydrogen) atoms. The largest absolute Gasteiger partial charge is 0.481 e. The van der Waals surface area contributed by atoms with E-state index in [1.807, 2.05) is 27.7 Å². The van der Waals surface area contributed by atoms with E-state index in [0.29, 0.717) is 13.0 Å². The van der Waals surface area contributed by atoms with Crippen molar-refractivity contribution in [3.8, 4) is 0 Å². The zero-order valence-electron chi connectivity index (χ0n) is 11.4. The van der Waals surface area contributed by atoms with Gasteiger partial charge < -0.3 is 9.84 Å². The summed E-state index contributed by atoms with van der Waals surface area (Å²) in [5, 5.41) is 8.88. The summed E-state index contributed by atoms with van der Waals surface area (Å²) in [6, 6.07) is 0. The maximum absolute atomic E-state index is 12.0. The highest BCUT2D eigenvalue weighted by Crippen LogP contribution is 2.31. The van der Waals surface area contributed by atoms with Crippen molar-refractivity contribution >= 4 is 11.9 Å². The molecule has 0 aromatic heterocycles. The highest BCUT2D eigenvalue weighted by molar-refractivity contribution is 5.82. The van der Waals surface area contributed by atoms with Crippen LogP contribution in [0.2, 0.25) is 0 Å². The highest BCUT2D eigenvalue weighted by atomic mass is 16.5. The maximum Gasteiger partial charge on any atom is 0.312 e. The van der Waals surface area contributed by atoms with Crippen LogP contribution >= 0.6 is 0 Å². The Balaban J connectivity index is 4.65. The molecule has 0 saturated heterocycles. The highest BCUT2D eigenvalue weighted by Gasteiger charge is 2.37. The Morgan fingerprint density at radius 3 is 2.06 bits per heavy atom. The van der Waals surface area contributed by atoms with Crippen molar-refractivity contribution in [1.82, 2.24) is 0 Å². The number of hydrogen-bond acceptors (Lipinski definition) is 3. The average Bonchev–Trinajstić information content (AvgIpc) is 2.10. The Labute approximate surface area is 103 Å². The monoisotopic (exact) mass is 244 g/mol. The van der Waals surface area contributed by atoms with Crippen LogP contribution in [0.1, 0.15) is 47.5 Å². The Bertz CT molecular complexity index is 271. The van der Waals surface area contributed by atoms with Crippen LogP contribution in [0.4, 0.5) is 0 Å². The van der Waals surface area contributed by atoms with Crippen LogP contribution in [-0.4, -0.2) is 23.7 Å². The average molecular weight is 244 g/mol. The SMILES string of the molecule is CC(C)COC(=O)C(C)(CC(=O)O)CC(C)C. The van der Waals surface area contributed by atoms with E-state index < -0.39 is 17.4 Å². The number of carboxylic acids is 1. The van der Waals surface area contributed by atoms with Crippen molar-refractivity contribution in [2.75, 3.05) is 6.61 Å². The summed E-state index contributed by atoms with van der Waals surface area (Å²) in [6.07, 6.45) is 0.346. The first kappa shape index (κ1) is 15.9. The Morgan fingerprint density at radius 2 is 1.71 bits per heavy atom. The molecular formula is C13H24O4. The topological polar surface area (TPSA) is 63.6 Å². The molecule has 0 fully saturated rings. The molecule has 0 bridgehead atoms. The van der Waals surface area contributed by atoms with Gasteiger partial charge in [0, 0.05) is 0 Å². The lowest BCUT2D eigenvalue weighted by molar-refractivity contribution is -0.162. The second-order valence-electron chi connectivity index (χ2n) is 5.72. The zero-order chi connectivity index (χ0) is 13.6. The molecule has 1 N–H and O–H groups in total. The summed E-state index contributed by atoms with van der Waals surface area (Å²) >= 11 is 0. The first-order valence-electron chi connectivity index (χ1n) is 6.06.